The Morgan fingerprint density at radius 2 is 1.90 bits per heavy atom. The molecular weight excluding hydrogens is 278 g/mol. The molecule has 3 aromatic rings. The van der Waals surface area contributed by atoms with Gasteiger partial charge in [-0.15, -0.1) is 11.3 Å². The first-order chi connectivity index (χ1) is 10.2. The van der Waals surface area contributed by atoms with Gasteiger partial charge in [0.1, 0.15) is 0 Å². The van der Waals surface area contributed by atoms with Gasteiger partial charge in [-0.3, -0.25) is 9.78 Å². The number of carbonyl (C=O) groups excluding carboxylic acids is 1. The van der Waals surface area contributed by atoms with E-state index in [9.17, 15) is 4.79 Å². The highest BCUT2D eigenvalue weighted by Crippen LogP contribution is 2.28. The molecule has 0 aliphatic carbocycles. The van der Waals surface area contributed by atoms with Gasteiger partial charge in [-0.05, 0) is 30.7 Å². The maximum absolute atomic E-state index is 12.3. The molecule has 3 rings (SSSR count). The molecule has 3 heteroatoms. The first-order valence-corrected chi connectivity index (χ1v) is 7.63. The van der Waals surface area contributed by atoms with Gasteiger partial charge in [-0.1, -0.05) is 35.9 Å². The van der Waals surface area contributed by atoms with Crippen LogP contribution in [-0.2, 0) is 6.42 Å². The third kappa shape index (κ3) is 3.26. The number of ketones is 1. The Morgan fingerprint density at radius 3 is 2.62 bits per heavy atom. The van der Waals surface area contributed by atoms with Crippen LogP contribution in [0.3, 0.4) is 0 Å². The Morgan fingerprint density at radius 1 is 1.10 bits per heavy atom. The Hall–Kier alpha value is -2.26. The predicted octanol–water partition coefficient (Wildman–Crippen LogP) is 4.54. The lowest BCUT2D eigenvalue weighted by atomic mass is 10.1. The number of nitrogens with zero attached hydrogens (tertiary/aromatic N) is 1. The van der Waals surface area contributed by atoms with Crippen molar-refractivity contribution in [3.63, 3.8) is 0 Å². The van der Waals surface area contributed by atoms with Gasteiger partial charge < -0.3 is 0 Å². The Labute approximate surface area is 128 Å². The van der Waals surface area contributed by atoms with Crippen LogP contribution in [-0.4, -0.2) is 10.8 Å². The number of rotatable bonds is 4. The number of aryl methyl sites for hydroxylation is 1. The van der Waals surface area contributed by atoms with Gasteiger partial charge in [0.05, 0.1) is 4.88 Å². The maximum Gasteiger partial charge on any atom is 0.177 e. The summed E-state index contributed by atoms with van der Waals surface area (Å²) in [7, 11) is 0. The fourth-order valence-electron chi connectivity index (χ4n) is 2.13. The molecule has 0 bridgehead atoms. The summed E-state index contributed by atoms with van der Waals surface area (Å²) < 4.78 is 0. The third-order valence-corrected chi connectivity index (χ3v) is 4.49. The minimum atomic E-state index is 0.166. The zero-order valence-electron chi connectivity index (χ0n) is 11.7. The van der Waals surface area contributed by atoms with E-state index in [1.165, 1.54) is 16.9 Å². The second-order valence-corrected chi connectivity index (χ2v) is 6.07. The number of pyridine rings is 1. The minimum absolute atomic E-state index is 0.166. The molecule has 21 heavy (non-hydrogen) atoms. The average Bonchev–Trinajstić information content (AvgIpc) is 3.00. The van der Waals surface area contributed by atoms with Gasteiger partial charge in [0.2, 0.25) is 0 Å². The van der Waals surface area contributed by atoms with E-state index in [4.69, 9.17) is 0 Å². The molecule has 0 fully saturated rings. The third-order valence-electron chi connectivity index (χ3n) is 3.31. The monoisotopic (exact) mass is 293 g/mol. The summed E-state index contributed by atoms with van der Waals surface area (Å²) in [6.45, 7) is 2.05. The SMILES string of the molecule is Cc1ccc(CC(=O)c2ccc(-c3cccnc3)s2)cc1. The van der Waals surface area contributed by atoms with Crippen molar-refractivity contribution in [2.45, 2.75) is 13.3 Å². The molecule has 0 amide bonds. The summed E-state index contributed by atoms with van der Waals surface area (Å²) in [6, 6.07) is 15.9. The highest BCUT2D eigenvalue weighted by atomic mass is 32.1. The maximum atomic E-state index is 12.3. The van der Waals surface area contributed by atoms with Crippen molar-refractivity contribution >= 4 is 17.1 Å². The quantitative estimate of drug-likeness (QED) is 0.661. The highest BCUT2D eigenvalue weighted by molar-refractivity contribution is 7.17. The molecule has 0 saturated carbocycles. The molecule has 2 nitrogen and oxygen atoms in total. The number of hydrogen-bond acceptors (Lipinski definition) is 3. The van der Waals surface area contributed by atoms with Crippen LogP contribution >= 0.6 is 11.3 Å². The smallest absolute Gasteiger partial charge is 0.177 e. The molecule has 104 valence electrons. The van der Waals surface area contributed by atoms with Gasteiger partial charge in [0, 0.05) is 29.3 Å². The molecule has 0 unspecified atom stereocenters. The number of Topliss-reactive ketones (excluding diaryl/α,β-unsaturated/α-hetero) is 1. The van der Waals surface area contributed by atoms with Crippen LogP contribution in [0, 0.1) is 6.92 Å². The van der Waals surface area contributed by atoms with E-state index in [0.29, 0.717) is 6.42 Å². The molecule has 0 aliphatic rings. The molecule has 0 spiro atoms. The van der Waals surface area contributed by atoms with E-state index >= 15 is 0 Å². The van der Waals surface area contributed by atoms with E-state index in [1.807, 2.05) is 61.7 Å². The topological polar surface area (TPSA) is 30.0 Å². The summed E-state index contributed by atoms with van der Waals surface area (Å²) in [6.07, 6.45) is 4.02. The number of thiophene rings is 1. The highest BCUT2D eigenvalue weighted by Gasteiger charge is 2.11. The fraction of sp³-hybridized carbons (Fsp3) is 0.111. The first-order valence-electron chi connectivity index (χ1n) is 6.81. The molecule has 0 N–H and O–H groups in total. The Balaban J connectivity index is 1.77. The summed E-state index contributed by atoms with van der Waals surface area (Å²) in [4.78, 5) is 18.3. The largest absolute Gasteiger partial charge is 0.293 e. The van der Waals surface area contributed by atoms with E-state index < -0.39 is 0 Å². The van der Waals surface area contributed by atoms with Crippen LogP contribution in [0.1, 0.15) is 20.8 Å². The van der Waals surface area contributed by atoms with Crippen molar-refractivity contribution in [3.8, 4) is 10.4 Å². The van der Waals surface area contributed by atoms with Crippen molar-refractivity contribution in [2.75, 3.05) is 0 Å². The fourth-order valence-corrected chi connectivity index (χ4v) is 3.06. The number of hydrogen-bond donors (Lipinski definition) is 0. The van der Waals surface area contributed by atoms with Crippen LogP contribution in [0.5, 0.6) is 0 Å². The molecule has 1 aromatic carbocycles. The Bertz CT molecular complexity index is 744. The van der Waals surface area contributed by atoms with Gasteiger partial charge >= 0.3 is 0 Å². The molecule has 2 aromatic heterocycles. The van der Waals surface area contributed by atoms with Crippen LogP contribution < -0.4 is 0 Å². The van der Waals surface area contributed by atoms with Crippen molar-refractivity contribution in [3.05, 3.63) is 76.9 Å². The van der Waals surface area contributed by atoms with Crippen LogP contribution in [0.15, 0.2) is 60.9 Å². The zero-order chi connectivity index (χ0) is 14.7. The number of benzene rings is 1. The first kappa shape index (κ1) is 13.7. The van der Waals surface area contributed by atoms with Crippen LogP contribution in [0.2, 0.25) is 0 Å². The molecule has 0 atom stereocenters. The summed E-state index contributed by atoms with van der Waals surface area (Å²) in [5.41, 5.74) is 3.32. The number of carbonyl (C=O) groups is 1. The van der Waals surface area contributed by atoms with Crippen LogP contribution in [0.4, 0.5) is 0 Å². The predicted molar refractivity (Wildman–Crippen MR) is 86.8 cm³/mol. The average molecular weight is 293 g/mol. The van der Waals surface area contributed by atoms with Crippen molar-refractivity contribution in [1.82, 2.24) is 4.98 Å². The lowest BCUT2D eigenvalue weighted by Crippen LogP contribution is -2.00. The van der Waals surface area contributed by atoms with E-state index in [0.717, 1.165) is 20.9 Å². The molecular formula is C18H15NOS. The van der Waals surface area contributed by atoms with Gasteiger partial charge in [0.25, 0.3) is 0 Å². The van der Waals surface area contributed by atoms with E-state index in [2.05, 4.69) is 4.98 Å². The Kier molecular flexibility index (Phi) is 3.93. The standard InChI is InChI=1S/C18H15NOS/c1-13-4-6-14(7-5-13)11-16(20)18-9-8-17(21-18)15-3-2-10-19-12-15/h2-10,12H,11H2,1H3. The molecule has 0 radical (unpaired) electrons. The van der Waals surface area contributed by atoms with Gasteiger partial charge in [0.15, 0.2) is 5.78 Å². The summed E-state index contributed by atoms with van der Waals surface area (Å²) in [5, 5.41) is 0. The van der Waals surface area contributed by atoms with E-state index in [-0.39, 0.29) is 5.78 Å². The van der Waals surface area contributed by atoms with Gasteiger partial charge in [-0.25, -0.2) is 0 Å². The molecule has 2 heterocycles. The summed E-state index contributed by atoms with van der Waals surface area (Å²) >= 11 is 1.53. The molecule has 0 aliphatic heterocycles. The van der Waals surface area contributed by atoms with Crippen molar-refractivity contribution in [2.24, 2.45) is 0 Å². The second-order valence-electron chi connectivity index (χ2n) is 4.99. The minimum Gasteiger partial charge on any atom is -0.293 e. The van der Waals surface area contributed by atoms with Crippen molar-refractivity contribution < 1.29 is 4.79 Å². The summed E-state index contributed by atoms with van der Waals surface area (Å²) in [5.74, 6) is 0.166. The lowest BCUT2D eigenvalue weighted by molar-refractivity contribution is 0.0997. The van der Waals surface area contributed by atoms with E-state index in [1.54, 1.807) is 6.20 Å². The zero-order valence-corrected chi connectivity index (χ0v) is 12.6. The molecule has 0 saturated heterocycles. The second kappa shape index (κ2) is 6.02. The van der Waals surface area contributed by atoms with Crippen LogP contribution in [0.25, 0.3) is 10.4 Å². The lowest BCUT2D eigenvalue weighted by Gasteiger charge is -2.00. The van der Waals surface area contributed by atoms with Crippen molar-refractivity contribution in [1.29, 1.82) is 0 Å². The normalized spacial score (nSPS) is 10.5. The van der Waals surface area contributed by atoms with Gasteiger partial charge in [-0.2, -0.15) is 0 Å². The number of aromatic nitrogens is 1.